The number of nitrogens with two attached hydrogens (primary N) is 1. The number of aliphatic carboxylic acids is 1. The Kier molecular flexibility index (Phi) is 4.77. The summed E-state index contributed by atoms with van der Waals surface area (Å²) in [5, 5.41) is 8.52. The second-order valence-electron chi connectivity index (χ2n) is 2.94. The summed E-state index contributed by atoms with van der Waals surface area (Å²) in [6, 6.07) is 2.42. The van der Waals surface area contributed by atoms with Gasteiger partial charge in [0.25, 0.3) is 0 Å². The summed E-state index contributed by atoms with van der Waals surface area (Å²) in [6.45, 7) is 0. The van der Waals surface area contributed by atoms with E-state index >= 15 is 0 Å². The molecule has 1 aromatic rings. The van der Waals surface area contributed by atoms with Crippen molar-refractivity contribution in [1.82, 2.24) is 0 Å². The summed E-state index contributed by atoms with van der Waals surface area (Å²) in [6.07, 6.45) is -4.42. The fourth-order valence-corrected chi connectivity index (χ4v) is 1.02. The summed E-state index contributed by atoms with van der Waals surface area (Å²) < 4.78 is 36.4. The molecule has 1 atom stereocenters. The summed E-state index contributed by atoms with van der Waals surface area (Å²) in [4.78, 5) is 10.4. The maximum atomic E-state index is 12.1. The minimum absolute atomic E-state index is 0. The normalized spacial score (nSPS) is 12.8. The molecule has 0 aliphatic rings. The van der Waals surface area contributed by atoms with Crippen LogP contribution in [0.2, 0.25) is 0 Å². The fraction of sp³-hybridized carbons (Fsp3) is 0.222. The van der Waals surface area contributed by atoms with Crippen LogP contribution in [0.4, 0.5) is 13.2 Å². The van der Waals surface area contributed by atoms with E-state index < -0.39 is 23.8 Å². The van der Waals surface area contributed by atoms with Crippen LogP contribution in [-0.4, -0.2) is 11.1 Å². The van der Waals surface area contributed by atoms with Crippen LogP contribution >= 0.6 is 12.4 Å². The van der Waals surface area contributed by atoms with E-state index in [4.69, 9.17) is 10.8 Å². The third-order valence-electron chi connectivity index (χ3n) is 1.86. The Morgan fingerprint density at radius 3 is 2.00 bits per heavy atom. The molecule has 0 radical (unpaired) electrons. The highest BCUT2D eigenvalue weighted by Gasteiger charge is 2.30. The Bertz CT molecular complexity index is 364. The fourth-order valence-electron chi connectivity index (χ4n) is 1.02. The average molecular weight is 256 g/mol. The summed E-state index contributed by atoms with van der Waals surface area (Å²) in [5.41, 5.74) is 4.52. The Labute approximate surface area is 95.5 Å². The van der Waals surface area contributed by atoms with Crippen molar-refractivity contribution in [3.63, 3.8) is 0 Å². The first-order valence-electron chi connectivity index (χ1n) is 3.98. The number of rotatable bonds is 2. The zero-order valence-corrected chi connectivity index (χ0v) is 8.68. The molecular formula is C9H9ClF3NO2. The molecule has 0 aromatic heterocycles. The van der Waals surface area contributed by atoms with Gasteiger partial charge in [0.1, 0.15) is 6.04 Å². The van der Waals surface area contributed by atoms with E-state index in [0.29, 0.717) is 0 Å². The second kappa shape index (κ2) is 5.18. The van der Waals surface area contributed by atoms with E-state index in [1.165, 1.54) is 0 Å². The van der Waals surface area contributed by atoms with Gasteiger partial charge in [-0.25, -0.2) is 0 Å². The van der Waals surface area contributed by atoms with Crippen LogP contribution in [0.3, 0.4) is 0 Å². The highest BCUT2D eigenvalue weighted by Crippen LogP contribution is 2.29. The quantitative estimate of drug-likeness (QED) is 0.852. The molecule has 0 aliphatic carbocycles. The van der Waals surface area contributed by atoms with Crippen LogP contribution in [-0.2, 0) is 11.0 Å². The van der Waals surface area contributed by atoms with Crippen LogP contribution in [0.5, 0.6) is 0 Å². The van der Waals surface area contributed by atoms with Crippen LogP contribution in [0, 0.1) is 0 Å². The minimum Gasteiger partial charge on any atom is -0.480 e. The van der Waals surface area contributed by atoms with Crippen LogP contribution in [0.15, 0.2) is 24.3 Å². The first-order chi connectivity index (χ1) is 6.82. The second-order valence-corrected chi connectivity index (χ2v) is 2.94. The topological polar surface area (TPSA) is 63.3 Å². The van der Waals surface area contributed by atoms with Gasteiger partial charge in [0.05, 0.1) is 5.56 Å². The van der Waals surface area contributed by atoms with E-state index in [2.05, 4.69) is 0 Å². The van der Waals surface area contributed by atoms with E-state index in [-0.39, 0.29) is 18.0 Å². The molecule has 0 saturated carbocycles. The molecule has 3 N–H and O–H groups in total. The first kappa shape index (κ1) is 14.7. The molecule has 0 aliphatic heterocycles. The van der Waals surface area contributed by atoms with Gasteiger partial charge in [-0.3, -0.25) is 4.79 Å². The monoisotopic (exact) mass is 255 g/mol. The van der Waals surface area contributed by atoms with Crippen molar-refractivity contribution in [2.45, 2.75) is 12.2 Å². The lowest BCUT2D eigenvalue weighted by atomic mass is 10.1. The number of hydrogen-bond acceptors (Lipinski definition) is 2. The molecule has 3 nitrogen and oxygen atoms in total. The van der Waals surface area contributed by atoms with Crippen molar-refractivity contribution in [3.05, 3.63) is 35.4 Å². The Hall–Kier alpha value is -1.27. The summed E-state index contributed by atoms with van der Waals surface area (Å²) >= 11 is 0. The van der Waals surface area contributed by atoms with Crippen molar-refractivity contribution in [2.24, 2.45) is 5.73 Å². The number of hydrogen-bond donors (Lipinski definition) is 2. The standard InChI is InChI=1S/C9H8F3NO2.ClH/c10-9(11,12)6-3-1-5(2-4-6)7(13)8(14)15;/h1-4,7H,13H2,(H,14,15);1H/t7-;/m1./s1. The maximum absolute atomic E-state index is 12.1. The van der Waals surface area contributed by atoms with Gasteiger partial charge in [0, 0.05) is 0 Å². The number of benzene rings is 1. The van der Waals surface area contributed by atoms with Crippen molar-refractivity contribution in [1.29, 1.82) is 0 Å². The van der Waals surface area contributed by atoms with E-state index in [9.17, 15) is 18.0 Å². The lowest BCUT2D eigenvalue weighted by molar-refractivity contribution is -0.138. The van der Waals surface area contributed by atoms with Crippen molar-refractivity contribution < 1.29 is 23.1 Å². The first-order valence-corrected chi connectivity index (χ1v) is 3.98. The Morgan fingerprint density at radius 1 is 1.25 bits per heavy atom. The molecule has 0 spiro atoms. The maximum Gasteiger partial charge on any atom is 0.416 e. The molecule has 16 heavy (non-hydrogen) atoms. The number of carbonyl (C=O) groups is 1. The SMILES string of the molecule is Cl.N[C@@H](C(=O)O)c1ccc(C(F)(F)F)cc1. The highest BCUT2D eigenvalue weighted by molar-refractivity contribution is 5.85. The molecule has 0 fully saturated rings. The Morgan fingerprint density at radius 2 is 1.69 bits per heavy atom. The van der Waals surface area contributed by atoms with E-state index in [1.54, 1.807) is 0 Å². The lowest BCUT2D eigenvalue weighted by Crippen LogP contribution is -2.20. The average Bonchev–Trinajstić information content (AvgIpc) is 2.15. The highest BCUT2D eigenvalue weighted by atomic mass is 35.5. The van der Waals surface area contributed by atoms with Gasteiger partial charge in [0.2, 0.25) is 0 Å². The molecule has 0 saturated heterocycles. The molecule has 1 rings (SSSR count). The largest absolute Gasteiger partial charge is 0.480 e. The third kappa shape index (κ3) is 3.39. The van der Waals surface area contributed by atoms with Crippen LogP contribution in [0.25, 0.3) is 0 Å². The van der Waals surface area contributed by atoms with E-state index in [1.807, 2.05) is 0 Å². The molecule has 7 heteroatoms. The van der Waals surface area contributed by atoms with Gasteiger partial charge in [-0.05, 0) is 17.7 Å². The Balaban J connectivity index is 0.00000225. The molecule has 0 unspecified atom stereocenters. The third-order valence-corrected chi connectivity index (χ3v) is 1.86. The van der Waals surface area contributed by atoms with Gasteiger partial charge in [-0.15, -0.1) is 12.4 Å². The summed E-state index contributed by atoms with van der Waals surface area (Å²) in [5.74, 6) is -1.28. The molecule has 0 amide bonds. The molecule has 90 valence electrons. The predicted molar refractivity (Wildman–Crippen MR) is 53.3 cm³/mol. The van der Waals surface area contributed by atoms with Gasteiger partial charge in [-0.2, -0.15) is 13.2 Å². The van der Waals surface area contributed by atoms with Crippen molar-refractivity contribution in [3.8, 4) is 0 Å². The zero-order chi connectivity index (χ0) is 11.6. The zero-order valence-electron chi connectivity index (χ0n) is 7.86. The molecule has 1 aromatic carbocycles. The minimum atomic E-state index is -4.42. The number of carboxylic acids is 1. The number of halogens is 4. The molecular weight excluding hydrogens is 247 g/mol. The van der Waals surface area contributed by atoms with Crippen molar-refractivity contribution in [2.75, 3.05) is 0 Å². The number of carboxylic acid groups (broad SMARTS) is 1. The van der Waals surface area contributed by atoms with Gasteiger partial charge in [0.15, 0.2) is 0 Å². The predicted octanol–water partition coefficient (Wildman–Crippen LogP) is 2.21. The van der Waals surface area contributed by atoms with E-state index in [0.717, 1.165) is 24.3 Å². The van der Waals surface area contributed by atoms with Gasteiger partial charge in [-0.1, -0.05) is 12.1 Å². The molecule has 0 bridgehead atoms. The number of alkyl halides is 3. The van der Waals surface area contributed by atoms with Gasteiger partial charge < -0.3 is 10.8 Å². The summed E-state index contributed by atoms with van der Waals surface area (Å²) in [7, 11) is 0. The lowest BCUT2D eigenvalue weighted by Gasteiger charge is -2.09. The smallest absolute Gasteiger partial charge is 0.416 e. The molecule has 0 heterocycles. The van der Waals surface area contributed by atoms with Crippen LogP contribution in [0.1, 0.15) is 17.2 Å². The van der Waals surface area contributed by atoms with Crippen LogP contribution < -0.4 is 5.73 Å². The van der Waals surface area contributed by atoms with Crippen molar-refractivity contribution >= 4 is 18.4 Å². The van der Waals surface area contributed by atoms with Gasteiger partial charge >= 0.3 is 12.1 Å².